The number of aromatic hydroxyl groups is 1. The highest BCUT2D eigenvalue weighted by atomic mass is 16.5. The van der Waals surface area contributed by atoms with Crippen LogP contribution in [-0.4, -0.2) is 62.6 Å². The highest BCUT2D eigenvalue weighted by Crippen LogP contribution is 2.39. The molecule has 190 valence electrons. The third kappa shape index (κ3) is 5.31. The second kappa shape index (κ2) is 10.5. The maximum atomic E-state index is 13.1. The highest BCUT2D eigenvalue weighted by molar-refractivity contribution is 6.37. The molecular formula is C28H28N4O5. The summed E-state index contributed by atoms with van der Waals surface area (Å²) < 4.78 is 4.79. The van der Waals surface area contributed by atoms with Crippen LogP contribution in [0, 0.1) is 0 Å². The molecule has 0 unspecified atom stereocenters. The molecule has 9 heteroatoms. The number of likely N-dealkylation sites (N-methyl/N-ethyl adjacent to an activating group) is 2. The summed E-state index contributed by atoms with van der Waals surface area (Å²) in [6, 6.07) is 19.1. The van der Waals surface area contributed by atoms with Crippen molar-refractivity contribution in [2.75, 3.05) is 50.3 Å². The van der Waals surface area contributed by atoms with E-state index in [-0.39, 0.29) is 24.1 Å². The molecule has 9 nitrogen and oxygen atoms in total. The van der Waals surface area contributed by atoms with Gasteiger partial charge in [-0.3, -0.25) is 9.59 Å². The van der Waals surface area contributed by atoms with Gasteiger partial charge in [-0.05, 0) is 43.9 Å². The largest absolute Gasteiger partial charge is 0.506 e. The number of hydrogen-bond acceptors (Lipinski definition) is 7. The summed E-state index contributed by atoms with van der Waals surface area (Å²) in [5, 5.41) is 16.8. The monoisotopic (exact) mass is 500 g/mol. The van der Waals surface area contributed by atoms with Gasteiger partial charge in [-0.25, -0.2) is 4.79 Å². The molecule has 0 aliphatic carbocycles. The average molecular weight is 501 g/mol. The summed E-state index contributed by atoms with van der Waals surface area (Å²) in [6.07, 6.45) is 0. The van der Waals surface area contributed by atoms with Crippen molar-refractivity contribution in [3.63, 3.8) is 0 Å². The Morgan fingerprint density at radius 1 is 0.973 bits per heavy atom. The first-order valence-electron chi connectivity index (χ1n) is 11.5. The number of anilines is 3. The zero-order valence-electron chi connectivity index (χ0n) is 21.0. The minimum atomic E-state index is -0.500. The number of rotatable bonds is 7. The van der Waals surface area contributed by atoms with E-state index in [1.807, 2.05) is 30.3 Å². The van der Waals surface area contributed by atoms with Crippen molar-refractivity contribution >= 4 is 46.1 Å². The fourth-order valence-corrected chi connectivity index (χ4v) is 4.09. The van der Waals surface area contributed by atoms with E-state index in [2.05, 4.69) is 10.6 Å². The number of methoxy groups -OCH3 is 1. The SMILES string of the molecule is COC(=O)c1ccc2c(c1)NC(=O)/C2=C(\Nc1ccc(N(C)C(=O)CN(C)C)c(O)c1)c1ccccc1. The molecule has 0 aromatic heterocycles. The minimum Gasteiger partial charge on any atom is -0.506 e. The molecule has 37 heavy (non-hydrogen) atoms. The minimum absolute atomic E-state index is 0.0870. The van der Waals surface area contributed by atoms with Crippen LogP contribution in [0.3, 0.4) is 0 Å². The summed E-state index contributed by atoms with van der Waals surface area (Å²) in [5.74, 6) is -1.09. The number of phenols is 1. The number of esters is 1. The van der Waals surface area contributed by atoms with Crippen LogP contribution in [0.25, 0.3) is 11.3 Å². The molecule has 1 heterocycles. The summed E-state index contributed by atoms with van der Waals surface area (Å²) in [6.45, 7) is 0.201. The van der Waals surface area contributed by atoms with Crippen molar-refractivity contribution < 1.29 is 24.2 Å². The molecule has 1 aliphatic heterocycles. The van der Waals surface area contributed by atoms with Gasteiger partial charge < -0.3 is 30.3 Å². The first-order valence-corrected chi connectivity index (χ1v) is 11.5. The van der Waals surface area contributed by atoms with Gasteiger partial charge in [0.05, 0.1) is 41.9 Å². The van der Waals surface area contributed by atoms with Gasteiger partial charge in [0.1, 0.15) is 5.75 Å². The maximum absolute atomic E-state index is 13.1. The molecule has 0 saturated heterocycles. The molecule has 3 aromatic rings. The summed E-state index contributed by atoms with van der Waals surface area (Å²) >= 11 is 0. The first kappa shape index (κ1) is 25.5. The number of benzene rings is 3. The quantitative estimate of drug-likeness (QED) is 0.336. The average Bonchev–Trinajstić information content (AvgIpc) is 3.21. The molecule has 3 N–H and O–H groups in total. The summed E-state index contributed by atoms with van der Waals surface area (Å²) in [4.78, 5) is 40.7. The van der Waals surface area contributed by atoms with E-state index in [1.54, 1.807) is 56.4 Å². The fourth-order valence-electron chi connectivity index (χ4n) is 4.09. The van der Waals surface area contributed by atoms with Crippen LogP contribution in [0.1, 0.15) is 21.5 Å². The predicted octanol–water partition coefficient (Wildman–Crippen LogP) is 3.64. The van der Waals surface area contributed by atoms with Crippen molar-refractivity contribution in [3.05, 3.63) is 83.4 Å². The molecule has 0 spiro atoms. The molecule has 2 amide bonds. The van der Waals surface area contributed by atoms with Crippen LogP contribution < -0.4 is 15.5 Å². The first-order chi connectivity index (χ1) is 17.7. The molecule has 3 aromatic carbocycles. The topological polar surface area (TPSA) is 111 Å². The molecule has 4 rings (SSSR count). The lowest BCUT2D eigenvalue weighted by molar-refractivity contribution is -0.119. The normalized spacial score (nSPS) is 13.6. The van der Waals surface area contributed by atoms with Crippen molar-refractivity contribution in [1.82, 2.24) is 4.90 Å². The van der Waals surface area contributed by atoms with Gasteiger partial charge in [0, 0.05) is 24.4 Å². The van der Waals surface area contributed by atoms with Gasteiger partial charge in [-0.15, -0.1) is 0 Å². The third-order valence-corrected chi connectivity index (χ3v) is 5.93. The van der Waals surface area contributed by atoms with E-state index in [9.17, 15) is 19.5 Å². The van der Waals surface area contributed by atoms with Crippen LogP contribution in [0.5, 0.6) is 5.75 Å². The van der Waals surface area contributed by atoms with E-state index < -0.39 is 5.97 Å². The van der Waals surface area contributed by atoms with Crippen molar-refractivity contribution in [2.45, 2.75) is 0 Å². The van der Waals surface area contributed by atoms with Gasteiger partial charge >= 0.3 is 5.97 Å². The fraction of sp³-hybridized carbons (Fsp3) is 0.179. The van der Waals surface area contributed by atoms with Gasteiger partial charge in [0.2, 0.25) is 5.91 Å². The van der Waals surface area contributed by atoms with Crippen LogP contribution >= 0.6 is 0 Å². The lowest BCUT2D eigenvalue weighted by Crippen LogP contribution is -2.35. The standard InChI is InChI=1S/C28H28N4O5/c1-31(2)16-24(34)32(3)22-13-11-19(15-23(22)33)29-26(17-8-6-5-7-9-17)25-20-12-10-18(28(36)37-4)14-21(20)30-27(25)35/h5-15,29,33H,16H2,1-4H3,(H,30,35)/b26-25-. The Morgan fingerprint density at radius 2 is 1.70 bits per heavy atom. The van der Waals surface area contributed by atoms with Crippen molar-refractivity contribution in [2.24, 2.45) is 0 Å². The summed E-state index contributed by atoms with van der Waals surface area (Å²) in [7, 11) is 6.50. The zero-order valence-corrected chi connectivity index (χ0v) is 21.0. The van der Waals surface area contributed by atoms with Crippen molar-refractivity contribution in [1.29, 1.82) is 0 Å². The molecule has 0 saturated carbocycles. The van der Waals surface area contributed by atoms with E-state index >= 15 is 0 Å². The van der Waals surface area contributed by atoms with Gasteiger partial charge in [0.25, 0.3) is 5.91 Å². The van der Waals surface area contributed by atoms with Gasteiger partial charge in [-0.1, -0.05) is 36.4 Å². The summed E-state index contributed by atoms with van der Waals surface area (Å²) in [5.41, 5.74) is 3.99. The number of nitrogens with zero attached hydrogens (tertiary/aromatic N) is 2. The molecule has 0 atom stereocenters. The second-order valence-corrected chi connectivity index (χ2v) is 8.84. The zero-order chi connectivity index (χ0) is 26.7. The van der Waals surface area contributed by atoms with E-state index in [0.717, 1.165) is 5.56 Å². The number of carbonyl (C=O) groups is 3. The molecule has 0 bridgehead atoms. The van der Waals surface area contributed by atoms with Crippen LogP contribution in [0.2, 0.25) is 0 Å². The number of amides is 2. The van der Waals surface area contributed by atoms with Gasteiger partial charge in [0.15, 0.2) is 0 Å². The Bertz CT molecular complexity index is 1400. The molecule has 0 fully saturated rings. The molecule has 0 radical (unpaired) electrons. The number of ether oxygens (including phenoxy) is 1. The third-order valence-electron chi connectivity index (χ3n) is 5.93. The lowest BCUT2D eigenvalue weighted by atomic mass is 9.99. The van der Waals surface area contributed by atoms with E-state index in [4.69, 9.17) is 4.74 Å². The Hall–Kier alpha value is -4.63. The Morgan fingerprint density at radius 3 is 2.35 bits per heavy atom. The van der Waals surface area contributed by atoms with Crippen LogP contribution in [0.4, 0.5) is 17.1 Å². The maximum Gasteiger partial charge on any atom is 0.337 e. The molecule has 1 aliphatic rings. The van der Waals surface area contributed by atoms with Gasteiger partial charge in [-0.2, -0.15) is 0 Å². The van der Waals surface area contributed by atoms with Crippen LogP contribution in [0.15, 0.2) is 66.7 Å². The van der Waals surface area contributed by atoms with Crippen LogP contribution in [-0.2, 0) is 14.3 Å². The number of hydrogen-bond donors (Lipinski definition) is 3. The number of fused-ring (bicyclic) bond motifs is 1. The molecular weight excluding hydrogens is 472 g/mol. The number of carbonyl (C=O) groups excluding carboxylic acids is 3. The Kier molecular flexibility index (Phi) is 7.26. The lowest BCUT2D eigenvalue weighted by Gasteiger charge is -2.21. The van der Waals surface area contributed by atoms with Crippen molar-refractivity contribution in [3.8, 4) is 5.75 Å². The number of nitrogens with one attached hydrogen (secondary N) is 2. The number of phenolic OH excluding ortho intramolecular Hbond substituents is 1. The van der Waals surface area contributed by atoms with E-state index in [0.29, 0.717) is 39.5 Å². The highest BCUT2D eigenvalue weighted by Gasteiger charge is 2.29. The second-order valence-electron chi connectivity index (χ2n) is 8.84. The van der Waals surface area contributed by atoms with E-state index in [1.165, 1.54) is 18.1 Å². The Balaban J connectivity index is 1.75. The predicted molar refractivity (Wildman–Crippen MR) is 143 cm³/mol. The Labute approximate surface area is 215 Å². The smallest absolute Gasteiger partial charge is 0.337 e.